The highest BCUT2D eigenvalue weighted by Gasteiger charge is 2.51. The Morgan fingerprint density at radius 1 is 1.40 bits per heavy atom. The van der Waals surface area contributed by atoms with E-state index in [2.05, 4.69) is 4.98 Å². The third kappa shape index (κ3) is 2.33. The molecule has 0 radical (unpaired) electrons. The molecule has 1 saturated carbocycles. The summed E-state index contributed by atoms with van der Waals surface area (Å²) in [6, 6.07) is 5.79. The maximum absolute atomic E-state index is 12.5. The molecule has 20 heavy (non-hydrogen) atoms. The molecule has 2 aliphatic rings. The molecule has 4 heteroatoms. The van der Waals surface area contributed by atoms with Crippen molar-refractivity contribution in [2.24, 2.45) is 0 Å². The minimum atomic E-state index is -0.330. The number of hydrogen-bond acceptors (Lipinski definition) is 3. The van der Waals surface area contributed by atoms with Gasteiger partial charge in [0.15, 0.2) is 0 Å². The van der Waals surface area contributed by atoms with Crippen LogP contribution in [0.2, 0.25) is 0 Å². The Labute approximate surface area is 119 Å². The molecule has 1 amide bonds. The minimum absolute atomic E-state index is 0.175. The summed E-state index contributed by atoms with van der Waals surface area (Å²) in [6.45, 7) is 0.711. The second kappa shape index (κ2) is 5.52. The molecule has 1 unspecified atom stereocenters. The lowest BCUT2D eigenvalue weighted by Crippen LogP contribution is -2.50. The quantitative estimate of drug-likeness (QED) is 0.916. The van der Waals surface area contributed by atoms with Crippen molar-refractivity contribution in [3.05, 3.63) is 30.1 Å². The molecular weight excluding hydrogens is 252 g/mol. The highest BCUT2D eigenvalue weighted by molar-refractivity contribution is 5.78. The van der Waals surface area contributed by atoms with Gasteiger partial charge in [0.1, 0.15) is 0 Å². The monoisotopic (exact) mass is 274 g/mol. The van der Waals surface area contributed by atoms with Crippen molar-refractivity contribution >= 4 is 5.91 Å². The van der Waals surface area contributed by atoms with E-state index in [1.807, 2.05) is 23.1 Å². The van der Waals surface area contributed by atoms with Gasteiger partial charge in [-0.15, -0.1) is 0 Å². The molecule has 1 aromatic heterocycles. The van der Waals surface area contributed by atoms with Gasteiger partial charge in [0.25, 0.3) is 0 Å². The van der Waals surface area contributed by atoms with E-state index < -0.39 is 0 Å². The van der Waals surface area contributed by atoms with E-state index >= 15 is 0 Å². The summed E-state index contributed by atoms with van der Waals surface area (Å²) in [4.78, 5) is 18.7. The zero-order valence-corrected chi connectivity index (χ0v) is 11.8. The molecular formula is C16H22N2O2. The van der Waals surface area contributed by atoms with Crippen LogP contribution in [0.15, 0.2) is 24.4 Å². The third-order valence-corrected chi connectivity index (χ3v) is 4.88. The number of likely N-dealkylation sites (tertiary alicyclic amines) is 1. The van der Waals surface area contributed by atoms with Crippen LogP contribution >= 0.6 is 0 Å². The molecule has 1 N–H and O–H groups in total. The Morgan fingerprint density at radius 3 is 2.90 bits per heavy atom. The highest BCUT2D eigenvalue weighted by Crippen LogP contribution is 2.43. The smallest absolute Gasteiger partial charge is 0.223 e. The van der Waals surface area contributed by atoms with Crippen LogP contribution in [0.25, 0.3) is 0 Å². The van der Waals surface area contributed by atoms with Gasteiger partial charge in [-0.1, -0.05) is 18.9 Å². The fraction of sp³-hybridized carbons (Fsp3) is 0.625. The van der Waals surface area contributed by atoms with Gasteiger partial charge in [0, 0.05) is 24.9 Å². The maximum Gasteiger partial charge on any atom is 0.223 e. The average Bonchev–Trinajstić information content (AvgIpc) is 3.08. The Balaban J connectivity index is 1.65. The number of carbonyl (C=O) groups is 1. The number of aromatic nitrogens is 1. The van der Waals surface area contributed by atoms with E-state index in [0.717, 1.165) is 37.8 Å². The zero-order chi connectivity index (χ0) is 14.0. The van der Waals surface area contributed by atoms with E-state index in [-0.39, 0.29) is 17.6 Å². The van der Waals surface area contributed by atoms with Crippen LogP contribution < -0.4 is 0 Å². The Morgan fingerprint density at radius 2 is 2.20 bits per heavy atom. The maximum atomic E-state index is 12.5. The first-order valence-corrected chi connectivity index (χ1v) is 7.61. The first kappa shape index (κ1) is 13.6. The number of pyridine rings is 1. The Bertz CT molecular complexity index is 469. The highest BCUT2D eigenvalue weighted by atomic mass is 16.3. The molecule has 1 atom stereocenters. The van der Waals surface area contributed by atoms with Crippen molar-refractivity contribution in [3.8, 4) is 0 Å². The number of aliphatic hydroxyl groups is 1. The lowest BCUT2D eigenvalue weighted by molar-refractivity contribution is -0.137. The minimum Gasteiger partial charge on any atom is -0.391 e. The number of amides is 1. The summed E-state index contributed by atoms with van der Waals surface area (Å²) in [7, 11) is 0. The van der Waals surface area contributed by atoms with Crippen molar-refractivity contribution in [1.82, 2.24) is 9.88 Å². The Hall–Kier alpha value is -1.42. The van der Waals surface area contributed by atoms with E-state index in [0.29, 0.717) is 19.4 Å². The van der Waals surface area contributed by atoms with Crippen LogP contribution in [0, 0.1) is 0 Å². The van der Waals surface area contributed by atoms with E-state index in [1.54, 1.807) is 6.20 Å². The second-order valence-corrected chi connectivity index (χ2v) is 5.98. The zero-order valence-electron chi connectivity index (χ0n) is 11.8. The SMILES string of the molecule is O=C(CCc1ccccn1)N1CCC(O)C12CCCC2. The van der Waals surface area contributed by atoms with Crippen LogP contribution in [0.4, 0.5) is 0 Å². The van der Waals surface area contributed by atoms with Crippen LogP contribution in [0.1, 0.15) is 44.2 Å². The molecule has 108 valence electrons. The molecule has 1 saturated heterocycles. The summed E-state index contributed by atoms with van der Waals surface area (Å²) in [5, 5.41) is 10.3. The van der Waals surface area contributed by atoms with Crippen LogP contribution in [-0.2, 0) is 11.2 Å². The van der Waals surface area contributed by atoms with Crippen molar-refractivity contribution < 1.29 is 9.90 Å². The molecule has 0 aromatic carbocycles. The van der Waals surface area contributed by atoms with Crippen molar-refractivity contribution in [2.75, 3.05) is 6.54 Å². The molecule has 1 aliphatic heterocycles. The van der Waals surface area contributed by atoms with Gasteiger partial charge in [-0.25, -0.2) is 0 Å². The lowest BCUT2D eigenvalue weighted by atomic mass is 9.91. The lowest BCUT2D eigenvalue weighted by Gasteiger charge is -2.37. The van der Waals surface area contributed by atoms with Crippen molar-refractivity contribution in [2.45, 2.75) is 56.6 Å². The van der Waals surface area contributed by atoms with Crippen LogP contribution in [0.5, 0.6) is 0 Å². The van der Waals surface area contributed by atoms with E-state index in [4.69, 9.17) is 0 Å². The largest absolute Gasteiger partial charge is 0.391 e. The third-order valence-electron chi connectivity index (χ3n) is 4.88. The molecule has 0 bridgehead atoms. The Kier molecular flexibility index (Phi) is 3.74. The molecule has 2 fully saturated rings. The predicted octanol–water partition coefficient (Wildman–Crippen LogP) is 1.92. The first-order valence-electron chi connectivity index (χ1n) is 7.61. The summed E-state index contributed by atoms with van der Waals surface area (Å²) >= 11 is 0. The topological polar surface area (TPSA) is 53.4 Å². The summed E-state index contributed by atoms with van der Waals surface area (Å²) < 4.78 is 0. The van der Waals surface area contributed by atoms with Crippen molar-refractivity contribution in [1.29, 1.82) is 0 Å². The predicted molar refractivity (Wildman–Crippen MR) is 76.1 cm³/mol. The number of aliphatic hydroxyl groups excluding tert-OH is 1. The van der Waals surface area contributed by atoms with Gasteiger partial charge in [-0.05, 0) is 37.8 Å². The number of hydrogen-bond donors (Lipinski definition) is 1. The summed E-state index contributed by atoms with van der Waals surface area (Å²) in [5.41, 5.74) is 0.711. The molecule has 1 spiro atoms. The average molecular weight is 274 g/mol. The molecule has 4 nitrogen and oxygen atoms in total. The van der Waals surface area contributed by atoms with Crippen molar-refractivity contribution in [3.63, 3.8) is 0 Å². The molecule has 1 aliphatic carbocycles. The van der Waals surface area contributed by atoms with Gasteiger partial charge in [0.05, 0.1) is 11.6 Å². The molecule has 2 heterocycles. The standard InChI is InChI=1S/C16H22N2O2/c19-14-8-12-18(16(14)9-2-3-10-16)15(20)7-6-13-5-1-4-11-17-13/h1,4-5,11,14,19H,2-3,6-10,12H2. The summed E-state index contributed by atoms with van der Waals surface area (Å²) in [6.07, 6.45) is 7.51. The van der Waals surface area contributed by atoms with Gasteiger partial charge in [-0.2, -0.15) is 0 Å². The van der Waals surface area contributed by atoms with E-state index in [9.17, 15) is 9.90 Å². The van der Waals surface area contributed by atoms with Crippen LogP contribution in [0.3, 0.4) is 0 Å². The number of rotatable bonds is 3. The summed E-state index contributed by atoms with van der Waals surface area (Å²) in [5.74, 6) is 0.175. The van der Waals surface area contributed by atoms with Gasteiger partial charge < -0.3 is 10.0 Å². The second-order valence-electron chi connectivity index (χ2n) is 5.98. The number of nitrogens with zero attached hydrogens (tertiary/aromatic N) is 2. The van der Waals surface area contributed by atoms with Gasteiger partial charge >= 0.3 is 0 Å². The molecule has 3 rings (SSSR count). The van der Waals surface area contributed by atoms with Gasteiger partial charge in [0.2, 0.25) is 5.91 Å². The number of carbonyl (C=O) groups excluding carboxylic acids is 1. The van der Waals surface area contributed by atoms with Gasteiger partial charge in [-0.3, -0.25) is 9.78 Å². The normalized spacial score (nSPS) is 24.4. The van der Waals surface area contributed by atoms with Crippen LogP contribution in [-0.4, -0.2) is 39.1 Å². The fourth-order valence-electron chi connectivity index (χ4n) is 3.80. The number of aryl methyl sites for hydroxylation is 1. The van der Waals surface area contributed by atoms with E-state index in [1.165, 1.54) is 0 Å². The first-order chi connectivity index (χ1) is 9.72. The molecule has 1 aromatic rings. The fourth-order valence-corrected chi connectivity index (χ4v) is 3.80.